The first-order valence-corrected chi connectivity index (χ1v) is 7.79. The number of rotatable bonds is 3. The van der Waals surface area contributed by atoms with Gasteiger partial charge < -0.3 is 0 Å². The van der Waals surface area contributed by atoms with Crippen molar-refractivity contribution in [3.8, 4) is 11.8 Å². The molecule has 0 aromatic heterocycles. The molecule has 96 valence electrons. The Bertz CT molecular complexity index is 568. The fraction of sp³-hybridized carbons (Fsp3) is 0.222. The summed E-state index contributed by atoms with van der Waals surface area (Å²) in [5.41, 5.74) is 3.53. The molecule has 1 heteroatoms. The molecule has 19 heavy (non-hydrogen) atoms. The Morgan fingerprint density at radius 3 is 1.84 bits per heavy atom. The lowest BCUT2D eigenvalue weighted by Gasteiger charge is -1.98. The van der Waals surface area contributed by atoms with Crippen LogP contribution in [0.25, 0.3) is 0 Å². The van der Waals surface area contributed by atoms with E-state index < -0.39 is 0 Å². The molecule has 2 aromatic rings. The number of benzene rings is 2. The molecule has 0 spiro atoms. The van der Waals surface area contributed by atoms with Crippen molar-refractivity contribution < 1.29 is 0 Å². The summed E-state index contributed by atoms with van der Waals surface area (Å²) in [6, 6.07) is 16.9. The standard InChI is InChI=1S/C18H18S/c1-3-4-15-5-7-16(8-6-15)9-10-17-11-13-18(19-2)14-12-17/h5-8,11-14H,3-4H2,1-2H3. The van der Waals surface area contributed by atoms with Crippen molar-refractivity contribution in [3.05, 3.63) is 65.2 Å². The molecule has 2 aromatic carbocycles. The minimum Gasteiger partial charge on any atom is -0.130 e. The van der Waals surface area contributed by atoms with Crippen molar-refractivity contribution in [2.45, 2.75) is 24.7 Å². The quantitative estimate of drug-likeness (QED) is 0.570. The van der Waals surface area contributed by atoms with Crippen LogP contribution in [0, 0.1) is 11.8 Å². The maximum Gasteiger partial charge on any atom is 0.0249 e. The molecule has 0 aliphatic rings. The van der Waals surface area contributed by atoms with E-state index in [1.54, 1.807) is 11.8 Å². The topological polar surface area (TPSA) is 0 Å². The summed E-state index contributed by atoms with van der Waals surface area (Å²) < 4.78 is 0. The zero-order chi connectivity index (χ0) is 13.5. The second-order valence-electron chi connectivity index (χ2n) is 4.43. The van der Waals surface area contributed by atoms with E-state index in [-0.39, 0.29) is 0 Å². The molecule has 0 atom stereocenters. The fourth-order valence-electron chi connectivity index (χ4n) is 1.86. The number of thioether (sulfide) groups is 1. The molecule has 0 fully saturated rings. The second kappa shape index (κ2) is 7.07. The van der Waals surface area contributed by atoms with E-state index >= 15 is 0 Å². The SMILES string of the molecule is CCCc1ccc(C#Cc2ccc(SC)cc2)cc1. The Balaban J connectivity index is 2.09. The highest BCUT2D eigenvalue weighted by molar-refractivity contribution is 7.98. The van der Waals surface area contributed by atoms with Gasteiger partial charge in [0.25, 0.3) is 0 Å². The maximum atomic E-state index is 3.21. The smallest absolute Gasteiger partial charge is 0.0249 e. The molecule has 0 aliphatic carbocycles. The van der Waals surface area contributed by atoms with Crippen molar-refractivity contribution >= 4 is 11.8 Å². The van der Waals surface area contributed by atoms with Crippen LogP contribution in [-0.4, -0.2) is 6.26 Å². The van der Waals surface area contributed by atoms with Gasteiger partial charge in [-0.25, -0.2) is 0 Å². The first-order valence-electron chi connectivity index (χ1n) is 6.57. The normalized spacial score (nSPS) is 9.79. The predicted octanol–water partition coefficient (Wildman–Crippen LogP) is 4.76. The van der Waals surface area contributed by atoms with Gasteiger partial charge in [-0.05, 0) is 54.6 Å². The highest BCUT2D eigenvalue weighted by Crippen LogP contribution is 2.14. The van der Waals surface area contributed by atoms with E-state index in [1.165, 1.54) is 16.9 Å². The monoisotopic (exact) mass is 266 g/mol. The van der Waals surface area contributed by atoms with Crippen LogP contribution in [0.3, 0.4) is 0 Å². The van der Waals surface area contributed by atoms with E-state index in [2.05, 4.69) is 73.6 Å². The highest BCUT2D eigenvalue weighted by atomic mass is 32.2. The van der Waals surface area contributed by atoms with Gasteiger partial charge in [0, 0.05) is 16.0 Å². The molecule has 0 aliphatic heterocycles. The molecular weight excluding hydrogens is 248 g/mol. The van der Waals surface area contributed by atoms with Crippen molar-refractivity contribution in [1.29, 1.82) is 0 Å². The molecule has 0 nitrogen and oxygen atoms in total. The third kappa shape index (κ3) is 4.19. The summed E-state index contributed by atoms with van der Waals surface area (Å²) in [6.07, 6.45) is 4.41. The molecule has 0 heterocycles. The van der Waals surface area contributed by atoms with Gasteiger partial charge in [-0.15, -0.1) is 11.8 Å². The third-order valence-corrected chi connectivity index (χ3v) is 3.68. The van der Waals surface area contributed by atoms with Gasteiger partial charge in [-0.1, -0.05) is 37.3 Å². The molecule has 0 unspecified atom stereocenters. The fourth-order valence-corrected chi connectivity index (χ4v) is 2.27. The van der Waals surface area contributed by atoms with Gasteiger partial charge in [0.2, 0.25) is 0 Å². The Hall–Kier alpha value is -1.65. The lowest BCUT2D eigenvalue weighted by molar-refractivity contribution is 0.922. The molecule has 0 saturated carbocycles. The van der Waals surface area contributed by atoms with Crippen LogP contribution in [0.2, 0.25) is 0 Å². The Morgan fingerprint density at radius 1 is 0.842 bits per heavy atom. The van der Waals surface area contributed by atoms with E-state index in [0.29, 0.717) is 0 Å². The van der Waals surface area contributed by atoms with E-state index in [9.17, 15) is 0 Å². The predicted molar refractivity (Wildman–Crippen MR) is 84.6 cm³/mol. The zero-order valence-electron chi connectivity index (χ0n) is 11.4. The first kappa shape index (κ1) is 13.8. The summed E-state index contributed by atoms with van der Waals surface area (Å²) in [5, 5.41) is 0. The van der Waals surface area contributed by atoms with E-state index in [0.717, 1.165) is 17.5 Å². The van der Waals surface area contributed by atoms with Crippen LogP contribution in [0.15, 0.2) is 53.4 Å². The van der Waals surface area contributed by atoms with Crippen molar-refractivity contribution in [2.24, 2.45) is 0 Å². The van der Waals surface area contributed by atoms with Gasteiger partial charge in [0.05, 0.1) is 0 Å². The molecule has 2 rings (SSSR count). The van der Waals surface area contributed by atoms with Gasteiger partial charge in [-0.3, -0.25) is 0 Å². The lowest BCUT2D eigenvalue weighted by Crippen LogP contribution is -1.83. The van der Waals surface area contributed by atoms with Crippen molar-refractivity contribution in [3.63, 3.8) is 0 Å². The van der Waals surface area contributed by atoms with Crippen LogP contribution in [0.5, 0.6) is 0 Å². The van der Waals surface area contributed by atoms with Gasteiger partial charge in [-0.2, -0.15) is 0 Å². The summed E-state index contributed by atoms with van der Waals surface area (Å²) >= 11 is 1.75. The van der Waals surface area contributed by atoms with Crippen LogP contribution in [0.1, 0.15) is 30.0 Å². The summed E-state index contributed by atoms with van der Waals surface area (Å²) in [6.45, 7) is 2.20. The zero-order valence-corrected chi connectivity index (χ0v) is 12.3. The van der Waals surface area contributed by atoms with Crippen LogP contribution in [0.4, 0.5) is 0 Å². The third-order valence-electron chi connectivity index (χ3n) is 2.93. The van der Waals surface area contributed by atoms with E-state index in [4.69, 9.17) is 0 Å². The number of hydrogen-bond donors (Lipinski definition) is 0. The van der Waals surface area contributed by atoms with Crippen molar-refractivity contribution in [1.82, 2.24) is 0 Å². The van der Waals surface area contributed by atoms with Crippen molar-refractivity contribution in [2.75, 3.05) is 6.26 Å². The Labute approximate surface area is 120 Å². The number of aryl methyl sites for hydroxylation is 1. The molecule has 0 radical (unpaired) electrons. The van der Waals surface area contributed by atoms with Crippen LogP contribution < -0.4 is 0 Å². The highest BCUT2D eigenvalue weighted by Gasteiger charge is 1.92. The largest absolute Gasteiger partial charge is 0.130 e. The molecule has 0 bridgehead atoms. The average Bonchev–Trinajstić information content (AvgIpc) is 2.47. The summed E-state index contributed by atoms with van der Waals surface area (Å²) in [4.78, 5) is 1.27. The molecule has 0 amide bonds. The lowest BCUT2D eigenvalue weighted by atomic mass is 10.1. The van der Waals surface area contributed by atoms with Crippen LogP contribution in [-0.2, 0) is 6.42 Å². The Morgan fingerprint density at radius 2 is 1.37 bits per heavy atom. The average molecular weight is 266 g/mol. The van der Waals surface area contributed by atoms with Crippen LogP contribution >= 0.6 is 11.8 Å². The minimum absolute atomic E-state index is 1.07. The second-order valence-corrected chi connectivity index (χ2v) is 5.31. The summed E-state index contributed by atoms with van der Waals surface area (Å²) in [7, 11) is 0. The molecule has 0 saturated heterocycles. The maximum absolute atomic E-state index is 3.21. The van der Waals surface area contributed by atoms with Gasteiger partial charge in [0.1, 0.15) is 0 Å². The van der Waals surface area contributed by atoms with E-state index in [1.807, 2.05) is 0 Å². The Kier molecular flexibility index (Phi) is 5.12. The number of hydrogen-bond acceptors (Lipinski definition) is 1. The minimum atomic E-state index is 1.07. The molecular formula is C18H18S. The van der Waals surface area contributed by atoms with Gasteiger partial charge >= 0.3 is 0 Å². The first-order chi connectivity index (χ1) is 9.31. The summed E-state index contributed by atoms with van der Waals surface area (Å²) in [5.74, 6) is 6.42. The van der Waals surface area contributed by atoms with Gasteiger partial charge in [0.15, 0.2) is 0 Å². The molecule has 0 N–H and O–H groups in total.